The van der Waals surface area contributed by atoms with Crippen LogP contribution in [0.25, 0.3) is 0 Å². The molecular weight excluding hydrogens is 271 g/mol. The van der Waals surface area contributed by atoms with Crippen molar-refractivity contribution in [1.29, 1.82) is 0 Å². The average Bonchev–Trinajstić information content (AvgIpc) is 2.97. The molecule has 21 heavy (non-hydrogen) atoms. The summed E-state index contributed by atoms with van der Waals surface area (Å²) in [5.41, 5.74) is 7.68. The van der Waals surface area contributed by atoms with Crippen LogP contribution in [0.4, 0.5) is 4.39 Å². The maximum atomic E-state index is 13.9. The molecule has 1 heterocycles. The highest BCUT2D eigenvalue weighted by Crippen LogP contribution is 2.28. The highest BCUT2D eigenvalue weighted by atomic mass is 19.1. The summed E-state index contributed by atoms with van der Waals surface area (Å²) in [4.78, 5) is 2.12. The first-order chi connectivity index (χ1) is 10.1. The molecule has 2 rings (SSSR count). The van der Waals surface area contributed by atoms with E-state index in [-0.39, 0.29) is 5.82 Å². The second kappa shape index (κ2) is 7.24. The predicted molar refractivity (Wildman–Crippen MR) is 79.5 cm³/mol. The van der Waals surface area contributed by atoms with Crippen LogP contribution in [0.15, 0.2) is 41.2 Å². The minimum Gasteiger partial charge on any atom is -0.496 e. The van der Waals surface area contributed by atoms with Crippen LogP contribution in [0.5, 0.6) is 5.75 Å². The summed E-state index contributed by atoms with van der Waals surface area (Å²) in [7, 11) is 3.52. The smallest absolute Gasteiger partial charge is 0.131 e. The number of rotatable bonds is 7. The standard InChI is InChI=1S/C16H21FN2O2/c1-19(10-12-7-9-21-11-12)8-6-14(18)16-13(17)4-3-5-15(16)20-2/h3-5,7,9,11,14H,6,8,10,18H2,1-2H3. The van der Waals surface area contributed by atoms with Gasteiger partial charge in [-0.3, -0.25) is 0 Å². The Labute approximate surface area is 124 Å². The Bertz CT molecular complexity index is 557. The molecule has 0 saturated heterocycles. The van der Waals surface area contributed by atoms with Crippen molar-refractivity contribution < 1.29 is 13.5 Å². The van der Waals surface area contributed by atoms with E-state index in [1.165, 1.54) is 13.2 Å². The van der Waals surface area contributed by atoms with Crippen molar-refractivity contribution in [2.24, 2.45) is 5.73 Å². The minimum atomic E-state index is -0.395. The van der Waals surface area contributed by atoms with Crippen molar-refractivity contribution in [1.82, 2.24) is 4.90 Å². The Kier molecular flexibility index (Phi) is 5.36. The van der Waals surface area contributed by atoms with Crippen LogP contribution in [0, 0.1) is 5.82 Å². The van der Waals surface area contributed by atoms with Gasteiger partial charge in [0, 0.05) is 23.7 Å². The van der Waals surface area contributed by atoms with Gasteiger partial charge in [0.2, 0.25) is 0 Å². The molecule has 4 nitrogen and oxygen atoms in total. The summed E-state index contributed by atoms with van der Waals surface area (Å²) in [6.07, 6.45) is 4.01. The first kappa shape index (κ1) is 15.5. The maximum absolute atomic E-state index is 13.9. The fraction of sp³-hybridized carbons (Fsp3) is 0.375. The summed E-state index contributed by atoms with van der Waals surface area (Å²) in [6.45, 7) is 1.53. The van der Waals surface area contributed by atoms with Crippen LogP contribution in [0.3, 0.4) is 0 Å². The summed E-state index contributed by atoms with van der Waals surface area (Å²) in [5.74, 6) is 0.180. The lowest BCUT2D eigenvalue weighted by Gasteiger charge is -2.20. The van der Waals surface area contributed by atoms with Gasteiger partial charge in [0.15, 0.2) is 0 Å². The summed E-state index contributed by atoms with van der Waals surface area (Å²) < 4.78 is 24.2. The first-order valence-corrected chi connectivity index (χ1v) is 6.89. The zero-order chi connectivity index (χ0) is 15.2. The lowest BCUT2D eigenvalue weighted by molar-refractivity contribution is 0.306. The van der Waals surface area contributed by atoms with Gasteiger partial charge in [0.25, 0.3) is 0 Å². The number of hydrogen-bond acceptors (Lipinski definition) is 4. The summed E-state index contributed by atoms with van der Waals surface area (Å²) in [5, 5.41) is 0. The van der Waals surface area contributed by atoms with E-state index in [1.54, 1.807) is 24.7 Å². The molecule has 1 aromatic heterocycles. The van der Waals surface area contributed by atoms with E-state index in [0.717, 1.165) is 18.7 Å². The first-order valence-electron chi connectivity index (χ1n) is 6.89. The quantitative estimate of drug-likeness (QED) is 0.852. The topological polar surface area (TPSA) is 51.6 Å². The van der Waals surface area contributed by atoms with Gasteiger partial charge in [0.1, 0.15) is 11.6 Å². The van der Waals surface area contributed by atoms with E-state index in [0.29, 0.717) is 17.7 Å². The monoisotopic (exact) mass is 292 g/mol. The molecule has 114 valence electrons. The van der Waals surface area contributed by atoms with Gasteiger partial charge in [-0.1, -0.05) is 6.07 Å². The van der Waals surface area contributed by atoms with E-state index in [9.17, 15) is 4.39 Å². The molecule has 1 unspecified atom stereocenters. The van der Waals surface area contributed by atoms with Crippen LogP contribution in [0.2, 0.25) is 0 Å². The van der Waals surface area contributed by atoms with Gasteiger partial charge >= 0.3 is 0 Å². The van der Waals surface area contributed by atoms with Crippen molar-refractivity contribution >= 4 is 0 Å². The molecule has 1 aromatic carbocycles. The number of nitrogens with zero attached hydrogens (tertiary/aromatic N) is 1. The molecular formula is C16H21FN2O2. The van der Waals surface area contributed by atoms with Gasteiger partial charge in [0.05, 0.1) is 19.6 Å². The fourth-order valence-corrected chi connectivity index (χ4v) is 2.33. The van der Waals surface area contributed by atoms with E-state index in [1.807, 2.05) is 13.1 Å². The summed E-state index contributed by atoms with van der Waals surface area (Å²) in [6, 6.07) is 6.29. The highest BCUT2D eigenvalue weighted by Gasteiger charge is 2.17. The normalized spacial score (nSPS) is 12.6. The molecule has 0 saturated carbocycles. The lowest BCUT2D eigenvalue weighted by atomic mass is 10.0. The van der Waals surface area contributed by atoms with Crippen molar-refractivity contribution in [2.75, 3.05) is 20.7 Å². The highest BCUT2D eigenvalue weighted by molar-refractivity contribution is 5.37. The zero-order valence-electron chi connectivity index (χ0n) is 12.4. The predicted octanol–water partition coefficient (Wildman–Crippen LogP) is 2.95. The average molecular weight is 292 g/mol. The third-order valence-corrected chi connectivity index (χ3v) is 3.46. The Balaban J connectivity index is 1.94. The van der Waals surface area contributed by atoms with E-state index >= 15 is 0 Å². The van der Waals surface area contributed by atoms with Crippen LogP contribution in [0.1, 0.15) is 23.6 Å². The van der Waals surface area contributed by atoms with Gasteiger partial charge in [-0.05, 0) is 38.2 Å². The second-order valence-corrected chi connectivity index (χ2v) is 5.12. The van der Waals surface area contributed by atoms with Gasteiger partial charge < -0.3 is 19.8 Å². The second-order valence-electron chi connectivity index (χ2n) is 5.12. The zero-order valence-corrected chi connectivity index (χ0v) is 12.4. The molecule has 0 bridgehead atoms. The van der Waals surface area contributed by atoms with Crippen LogP contribution in [-0.2, 0) is 6.54 Å². The van der Waals surface area contributed by atoms with E-state index in [2.05, 4.69) is 4.90 Å². The Morgan fingerprint density at radius 2 is 2.19 bits per heavy atom. The molecule has 0 aliphatic carbocycles. The fourth-order valence-electron chi connectivity index (χ4n) is 2.33. The van der Waals surface area contributed by atoms with Crippen LogP contribution >= 0.6 is 0 Å². The molecule has 0 spiro atoms. The van der Waals surface area contributed by atoms with E-state index in [4.69, 9.17) is 14.9 Å². The number of halogens is 1. The van der Waals surface area contributed by atoms with Gasteiger partial charge in [-0.25, -0.2) is 4.39 Å². The number of hydrogen-bond donors (Lipinski definition) is 1. The van der Waals surface area contributed by atoms with Crippen molar-refractivity contribution in [3.63, 3.8) is 0 Å². The van der Waals surface area contributed by atoms with Gasteiger partial charge in [-0.2, -0.15) is 0 Å². The third kappa shape index (κ3) is 4.06. The van der Waals surface area contributed by atoms with Gasteiger partial charge in [-0.15, -0.1) is 0 Å². The number of nitrogens with two attached hydrogens (primary N) is 1. The molecule has 1 atom stereocenters. The Morgan fingerprint density at radius 1 is 1.38 bits per heavy atom. The van der Waals surface area contributed by atoms with Crippen LogP contribution < -0.4 is 10.5 Å². The minimum absolute atomic E-state index is 0.320. The lowest BCUT2D eigenvalue weighted by Crippen LogP contribution is -2.24. The SMILES string of the molecule is COc1cccc(F)c1C(N)CCN(C)Cc1ccoc1. The van der Waals surface area contributed by atoms with Crippen LogP contribution in [-0.4, -0.2) is 25.6 Å². The molecule has 0 aliphatic rings. The number of ether oxygens (including phenoxy) is 1. The van der Waals surface area contributed by atoms with Crippen molar-refractivity contribution in [3.05, 3.63) is 53.7 Å². The third-order valence-electron chi connectivity index (χ3n) is 3.46. The summed E-state index contributed by atoms with van der Waals surface area (Å²) >= 11 is 0. The molecule has 2 aromatic rings. The number of methoxy groups -OCH3 is 1. The maximum Gasteiger partial charge on any atom is 0.131 e. The largest absolute Gasteiger partial charge is 0.496 e. The Hall–Kier alpha value is -1.85. The molecule has 2 N–H and O–H groups in total. The molecule has 0 amide bonds. The van der Waals surface area contributed by atoms with E-state index < -0.39 is 6.04 Å². The molecule has 0 radical (unpaired) electrons. The van der Waals surface area contributed by atoms with Crippen molar-refractivity contribution in [3.8, 4) is 5.75 Å². The number of furan rings is 1. The molecule has 5 heteroatoms. The van der Waals surface area contributed by atoms with Crippen molar-refractivity contribution in [2.45, 2.75) is 19.0 Å². The molecule has 0 fully saturated rings. The Morgan fingerprint density at radius 3 is 2.86 bits per heavy atom. The molecule has 0 aliphatic heterocycles. The number of benzene rings is 1.